The van der Waals surface area contributed by atoms with Crippen molar-refractivity contribution in [2.24, 2.45) is 0 Å². The molecule has 2 saturated heterocycles. The van der Waals surface area contributed by atoms with Gasteiger partial charge in [-0.05, 0) is 12.8 Å². The van der Waals surface area contributed by atoms with Gasteiger partial charge in [0.2, 0.25) is 0 Å². The highest BCUT2D eigenvalue weighted by Crippen LogP contribution is 2.27. The lowest BCUT2D eigenvalue weighted by Gasteiger charge is -2.22. The molecule has 2 fully saturated rings. The Hall–Kier alpha value is 0.140. The average Bonchev–Trinajstić information content (AvgIpc) is 2.54. The Bertz CT molecular complexity index is 320. The smallest absolute Gasteiger partial charge is 0.278 e. The Morgan fingerprint density at radius 3 is 2.93 bits per heavy atom. The number of hydrogen-bond donors (Lipinski definition) is 3. The largest absolute Gasteiger partial charge is 0.285 e. The van der Waals surface area contributed by atoms with Crippen LogP contribution in [0.1, 0.15) is 12.8 Å². The molecule has 6 nitrogen and oxygen atoms in total. The summed E-state index contributed by atoms with van der Waals surface area (Å²) in [5.74, 6) is -0.366. The molecule has 2 rings (SSSR count). The fourth-order valence-electron chi connectivity index (χ4n) is 1.97. The second-order valence-electron chi connectivity index (χ2n) is 3.54. The maximum Gasteiger partial charge on any atom is 0.278 e. The highest BCUT2D eigenvalue weighted by molar-refractivity contribution is 7.85. The lowest BCUT2D eigenvalue weighted by Crippen LogP contribution is -2.39. The van der Waals surface area contributed by atoms with Crippen molar-refractivity contribution in [3.05, 3.63) is 0 Å². The Morgan fingerprint density at radius 2 is 2.29 bits per heavy atom. The molecule has 0 aromatic rings. The van der Waals surface area contributed by atoms with Crippen LogP contribution in [0.5, 0.6) is 0 Å². The lowest BCUT2D eigenvalue weighted by atomic mass is 10.3. The minimum Gasteiger partial charge on any atom is -0.285 e. The number of hydrazine groups is 1. The number of rotatable bonds is 2. The van der Waals surface area contributed by atoms with Crippen LogP contribution in [0.2, 0.25) is 0 Å². The third kappa shape index (κ3) is 2.05. The summed E-state index contributed by atoms with van der Waals surface area (Å²) in [6.45, 7) is 0.893. The molecule has 14 heavy (non-hydrogen) atoms. The molecule has 8 heteroatoms. The molecule has 0 bridgehead atoms. The van der Waals surface area contributed by atoms with Gasteiger partial charge in [-0.2, -0.15) is 8.42 Å². The van der Waals surface area contributed by atoms with Crippen molar-refractivity contribution in [1.29, 1.82) is 0 Å². The zero-order valence-corrected chi connectivity index (χ0v) is 9.21. The summed E-state index contributed by atoms with van der Waals surface area (Å²) in [7, 11) is -3.97. The van der Waals surface area contributed by atoms with Gasteiger partial charge in [-0.3, -0.25) is 4.55 Å². The van der Waals surface area contributed by atoms with Crippen molar-refractivity contribution in [3.8, 4) is 0 Å². The van der Waals surface area contributed by atoms with E-state index in [9.17, 15) is 8.42 Å². The van der Waals surface area contributed by atoms with Gasteiger partial charge in [-0.1, -0.05) is 0 Å². The maximum absolute atomic E-state index is 10.8. The van der Waals surface area contributed by atoms with Crippen LogP contribution in [0.3, 0.4) is 0 Å². The molecule has 2 aliphatic rings. The third-order valence-corrected chi connectivity index (χ3v) is 3.55. The number of fused-ring (bicyclic) bond motifs is 1. The maximum atomic E-state index is 10.8. The summed E-state index contributed by atoms with van der Waals surface area (Å²) in [5, 5.41) is 1.96. The van der Waals surface area contributed by atoms with E-state index in [1.807, 2.05) is 5.01 Å². The molecule has 0 aromatic heterocycles. The van der Waals surface area contributed by atoms with Gasteiger partial charge in [-0.25, -0.2) is 15.3 Å². The Morgan fingerprint density at radius 1 is 1.57 bits per heavy atom. The molecule has 2 atom stereocenters. The van der Waals surface area contributed by atoms with E-state index < -0.39 is 10.1 Å². The molecule has 82 valence electrons. The van der Waals surface area contributed by atoms with Crippen molar-refractivity contribution >= 4 is 22.7 Å². The van der Waals surface area contributed by atoms with E-state index in [0.717, 1.165) is 19.4 Å². The quantitative estimate of drug-likeness (QED) is 0.437. The zero-order chi connectivity index (χ0) is 10.3. The second-order valence-corrected chi connectivity index (χ2v) is 5.46. The summed E-state index contributed by atoms with van der Waals surface area (Å²) in [6.07, 6.45) is 1.97. The predicted octanol–water partition coefficient (Wildman–Crippen LogP) is -0.713. The molecule has 2 unspecified atom stereocenters. The summed E-state index contributed by atoms with van der Waals surface area (Å²) >= 11 is 4.20. The fourth-order valence-corrected chi connectivity index (χ4v) is 3.17. The number of nitrogens with one attached hydrogen (secondary N) is 1. The van der Waals surface area contributed by atoms with E-state index in [2.05, 4.69) is 18.1 Å². The standard InChI is InChI=1S/C6H13N3O3S2/c10-14(11,12)4-8-5-2-1-3-9(5)7-6(8)13/h5-7,13H,1-4H2,(H,10,11,12). The van der Waals surface area contributed by atoms with Crippen LogP contribution in [-0.2, 0) is 10.1 Å². The monoisotopic (exact) mass is 239 g/mol. The highest BCUT2D eigenvalue weighted by atomic mass is 32.2. The van der Waals surface area contributed by atoms with Crippen LogP contribution in [0, 0.1) is 0 Å². The first-order valence-electron chi connectivity index (χ1n) is 4.39. The zero-order valence-electron chi connectivity index (χ0n) is 7.50. The molecule has 0 aliphatic carbocycles. The first-order valence-corrected chi connectivity index (χ1v) is 6.52. The molecule has 0 saturated carbocycles. The molecular weight excluding hydrogens is 226 g/mol. The van der Waals surface area contributed by atoms with Gasteiger partial charge in [0.15, 0.2) is 0 Å². The SMILES string of the molecule is O=S(=O)(O)CN1C(S)NN2CCCC21. The predicted molar refractivity (Wildman–Crippen MR) is 53.9 cm³/mol. The molecule has 2 heterocycles. The summed E-state index contributed by atoms with van der Waals surface area (Å²) < 4.78 is 30.3. The minimum atomic E-state index is -3.97. The van der Waals surface area contributed by atoms with E-state index >= 15 is 0 Å². The van der Waals surface area contributed by atoms with Crippen molar-refractivity contribution in [1.82, 2.24) is 15.3 Å². The van der Waals surface area contributed by atoms with Crippen LogP contribution in [-0.4, -0.2) is 47.0 Å². The van der Waals surface area contributed by atoms with Crippen molar-refractivity contribution in [2.75, 3.05) is 12.4 Å². The van der Waals surface area contributed by atoms with Gasteiger partial charge in [-0.15, -0.1) is 12.6 Å². The van der Waals surface area contributed by atoms with Crippen molar-refractivity contribution in [3.63, 3.8) is 0 Å². The van der Waals surface area contributed by atoms with Crippen molar-refractivity contribution in [2.45, 2.75) is 24.5 Å². The summed E-state index contributed by atoms with van der Waals surface area (Å²) in [4.78, 5) is 1.63. The van der Waals surface area contributed by atoms with E-state index in [0.29, 0.717) is 0 Å². The molecular formula is C6H13N3O3S2. The third-order valence-electron chi connectivity index (χ3n) is 2.51. The van der Waals surface area contributed by atoms with E-state index in [1.54, 1.807) is 4.90 Å². The van der Waals surface area contributed by atoms with E-state index in [-0.39, 0.29) is 17.5 Å². The lowest BCUT2D eigenvalue weighted by molar-refractivity contribution is 0.174. The van der Waals surface area contributed by atoms with Crippen LogP contribution >= 0.6 is 12.6 Å². The molecule has 0 amide bonds. The van der Waals surface area contributed by atoms with Crippen LogP contribution in [0.25, 0.3) is 0 Å². The van der Waals surface area contributed by atoms with Crippen LogP contribution < -0.4 is 5.43 Å². The topological polar surface area (TPSA) is 72.9 Å². The van der Waals surface area contributed by atoms with Crippen molar-refractivity contribution < 1.29 is 13.0 Å². The van der Waals surface area contributed by atoms with Gasteiger partial charge >= 0.3 is 0 Å². The Labute approximate surface area is 88.4 Å². The molecule has 0 spiro atoms. The normalized spacial score (nSPS) is 35.0. The number of thiol groups is 1. The fraction of sp³-hybridized carbons (Fsp3) is 1.00. The highest BCUT2D eigenvalue weighted by Gasteiger charge is 2.41. The van der Waals surface area contributed by atoms with Crippen LogP contribution in [0.4, 0.5) is 0 Å². The second kappa shape index (κ2) is 3.62. The molecule has 0 aromatic carbocycles. The van der Waals surface area contributed by atoms with Gasteiger partial charge in [0, 0.05) is 6.54 Å². The molecule has 0 radical (unpaired) electrons. The van der Waals surface area contributed by atoms with E-state index in [1.165, 1.54) is 0 Å². The number of nitrogens with zero attached hydrogens (tertiary/aromatic N) is 2. The van der Waals surface area contributed by atoms with Gasteiger partial charge in [0.1, 0.15) is 11.4 Å². The summed E-state index contributed by atoms with van der Waals surface area (Å²) in [5.41, 5.74) is 2.71. The van der Waals surface area contributed by atoms with Gasteiger partial charge in [0.25, 0.3) is 10.1 Å². The Balaban J connectivity index is 2.10. The van der Waals surface area contributed by atoms with Crippen LogP contribution in [0.15, 0.2) is 0 Å². The summed E-state index contributed by atoms with van der Waals surface area (Å²) in [6, 6.07) is 0. The molecule has 2 aliphatic heterocycles. The first kappa shape index (κ1) is 10.7. The van der Waals surface area contributed by atoms with Gasteiger partial charge < -0.3 is 0 Å². The first-order chi connectivity index (χ1) is 6.47. The minimum absolute atomic E-state index is 0.0411. The number of hydrogen-bond acceptors (Lipinski definition) is 6. The molecule has 2 N–H and O–H groups in total. The van der Waals surface area contributed by atoms with E-state index in [4.69, 9.17) is 4.55 Å². The Kier molecular flexibility index (Phi) is 2.75. The van der Waals surface area contributed by atoms with Gasteiger partial charge in [0.05, 0.1) is 6.17 Å². The average molecular weight is 239 g/mol.